The fourth-order valence-electron chi connectivity index (χ4n) is 3.32. The van der Waals surface area contributed by atoms with Crippen LogP contribution in [0, 0.1) is 13.8 Å². The molecule has 0 fully saturated rings. The number of fused-ring (bicyclic) bond motifs is 6. The fourth-order valence-corrected chi connectivity index (χ4v) is 3.32. The van der Waals surface area contributed by atoms with Crippen molar-refractivity contribution >= 4 is 33.5 Å². The Hall–Kier alpha value is -3.21. The summed E-state index contributed by atoms with van der Waals surface area (Å²) in [5.74, 6) is -0.000212. The summed E-state index contributed by atoms with van der Waals surface area (Å²) in [5.41, 5.74) is 0.0927. The Kier molecular flexibility index (Phi) is 2.40. The van der Waals surface area contributed by atoms with Gasteiger partial charge >= 0.3 is 22.9 Å². The first-order chi connectivity index (χ1) is 11.2. The monoisotopic (exact) mass is 338 g/mol. The van der Waals surface area contributed by atoms with Gasteiger partial charge in [-0.3, -0.25) is 5.21 Å². The summed E-state index contributed by atoms with van der Waals surface area (Å²) in [5, 5.41) is 62.0. The third-order valence-electron chi connectivity index (χ3n) is 4.70. The predicted molar refractivity (Wildman–Crippen MR) is 73.4 cm³/mol. The lowest BCUT2D eigenvalue weighted by Gasteiger charge is -1.98. The Morgan fingerprint density at radius 3 is 1.83 bits per heavy atom. The molecule has 4 rings (SSSR count). The molecule has 6 N–H and O–H groups in total. The average Bonchev–Trinajstić information content (AvgIpc) is 3.02. The fraction of sp³-hybridized carbons (Fsp3) is 0.308. The molecule has 0 spiro atoms. The van der Waals surface area contributed by atoms with Crippen LogP contribution >= 0.6 is 0 Å². The Balaban J connectivity index is 2.45. The highest BCUT2D eigenvalue weighted by Crippen LogP contribution is 2.42. The Bertz CT molecular complexity index is 1110. The summed E-state index contributed by atoms with van der Waals surface area (Å²) in [7, 11) is 0. The quantitative estimate of drug-likeness (QED) is 0.181. The highest BCUT2D eigenvalue weighted by atomic mass is 16.5. The molecule has 24 heavy (non-hydrogen) atoms. The molecule has 0 saturated heterocycles. The maximum absolute atomic E-state index is 10.5. The first-order valence-corrected chi connectivity index (χ1v) is 7.07. The lowest BCUT2D eigenvalue weighted by atomic mass is 10.0. The molecule has 0 aliphatic carbocycles. The lowest BCUT2D eigenvalue weighted by molar-refractivity contribution is -0.892. The van der Waals surface area contributed by atoms with E-state index in [1.165, 1.54) is 20.8 Å². The molecule has 1 atom stereocenters. The molecule has 0 bridgehead atoms. The lowest BCUT2D eigenvalue weighted by Crippen LogP contribution is -2.34. The largest absolute Gasteiger partial charge is 0.377 e. The Morgan fingerprint density at radius 1 is 0.833 bits per heavy atom. The van der Waals surface area contributed by atoms with Gasteiger partial charge in [0.05, 0.1) is 0 Å². The van der Waals surface area contributed by atoms with Crippen LogP contribution in [0.3, 0.4) is 0 Å². The molecule has 3 heterocycles. The van der Waals surface area contributed by atoms with E-state index in [-0.39, 0.29) is 50.7 Å². The van der Waals surface area contributed by atoms with Gasteiger partial charge in [-0.1, -0.05) is 0 Å². The molecule has 126 valence electrons. The van der Waals surface area contributed by atoms with Crippen LogP contribution in [0.2, 0.25) is 0 Å². The van der Waals surface area contributed by atoms with Crippen molar-refractivity contribution in [2.24, 2.45) is 0 Å². The summed E-state index contributed by atoms with van der Waals surface area (Å²) < 4.78 is 3.21. The van der Waals surface area contributed by atoms with Crippen LogP contribution in [0.1, 0.15) is 30.2 Å². The van der Waals surface area contributed by atoms with E-state index >= 15 is 0 Å². The molecule has 2 aromatic heterocycles. The van der Waals surface area contributed by atoms with Crippen molar-refractivity contribution in [3.8, 4) is 0 Å². The number of hydrogen-bond donors (Lipinski definition) is 6. The molecule has 0 saturated carbocycles. The topological polar surface area (TPSA) is 142 Å². The van der Waals surface area contributed by atoms with Gasteiger partial charge in [0.25, 0.3) is 11.0 Å². The van der Waals surface area contributed by atoms with Crippen molar-refractivity contribution in [2.45, 2.75) is 26.9 Å². The van der Waals surface area contributed by atoms with Crippen molar-refractivity contribution in [1.82, 2.24) is 9.46 Å². The van der Waals surface area contributed by atoms with Crippen molar-refractivity contribution in [2.75, 3.05) is 0 Å². The molecule has 1 aliphatic rings. The molecule has 1 aromatic carbocycles. The first-order valence-electron chi connectivity index (χ1n) is 7.07. The molecule has 0 radical (unpaired) electrons. The van der Waals surface area contributed by atoms with Gasteiger partial charge in [-0.25, -0.2) is 0 Å². The van der Waals surface area contributed by atoms with Crippen molar-refractivity contribution in [3.63, 3.8) is 0 Å². The molecule has 1 aliphatic heterocycles. The van der Waals surface area contributed by atoms with E-state index in [2.05, 4.69) is 0 Å². The maximum Gasteiger partial charge on any atom is 0.333 e. The Labute approximate surface area is 133 Å². The first kappa shape index (κ1) is 14.4. The van der Waals surface area contributed by atoms with E-state index in [1.54, 1.807) is 0 Å². The molecule has 11 nitrogen and oxygen atoms in total. The summed E-state index contributed by atoms with van der Waals surface area (Å²) in [4.78, 5) is 0. The van der Waals surface area contributed by atoms with Gasteiger partial charge in [0.2, 0.25) is 11.2 Å². The third kappa shape index (κ3) is 1.26. The van der Waals surface area contributed by atoms with Crippen molar-refractivity contribution in [1.29, 1.82) is 0 Å². The van der Waals surface area contributed by atoms with Crippen molar-refractivity contribution in [3.05, 3.63) is 17.2 Å². The van der Waals surface area contributed by atoms with Crippen LogP contribution in [-0.2, 0) is 0 Å². The number of aliphatic hydroxyl groups is 1. The summed E-state index contributed by atoms with van der Waals surface area (Å²) in [6.07, 6.45) is -1.28. The molecule has 1 unspecified atom stereocenters. The van der Waals surface area contributed by atoms with Crippen LogP contribution in [-0.4, -0.2) is 51.1 Å². The van der Waals surface area contributed by atoms with Crippen LogP contribution in [0.4, 0.5) is 5.69 Å². The minimum Gasteiger partial charge on any atom is -0.377 e. The predicted octanol–water partition coefficient (Wildman–Crippen LogP) is -0.722. The van der Waals surface area contributed by atoms with E-state index < -0.39 is 6.10 Å². The average molecular weight is 338 g/mol. The maximum atomic E-state index is 10.5. The van der Waals surface area contributed by atoms with E-state index in [0.717, 1.165) is 0 Å². The van der Waals surface area contributed by atoms with Crippen molar-refractivity contribution < 1.29 is 45.3 Å². The van der Waals surface area contributed by atoms with Crippen LogP contribution in [0.5, 0.6) is 0 Å². The number of aliphatic hydroxyl groups excluding tert-OH is 1. The second-order valence-corrected chi connectivity index (χ2v) is 5.85. The number of imidazole rings is 2. The third-order valence-corrected chi connectivity index (χ3v) is 4.70. The smallest absolute Gasteiger partial charge is 0.333 e. The van der Waals surface area contributed by atoms with Crippen LogP contribution in [0.15, 0.2) is 0 Å². The standard InChI is InChI=1S/C13H16N5O6/c1-4-13(19)7-8(14(4)20)10-12(18(24)6(3)17(10)23)11-9(7)15(21)5(2)16(11)22/h13,19-24H,1-3H3/q+3. The minimum atomic E-state index is -1.28. The van der Waals surface area contributed by atoms with Gasteiger partial charge in [0, 0.05) is 25.5 Å². The van der Waals surface area contributed by atoms with Gasteiger partial charge < -0.3 is 25.9 Å². The molecule has 0 amide bonds. The van der Waals surface area contributed by atoms with Gasteiger partial charge in [-0.15, -0.1) is 0 Å². The van der Waals surface area contributed by atoms with E-state index in [1.807, 2.05) is 0 Å². The highest BCUT2D eigenvalue weighted by molar-refractivity contribution is 6.09. The van der Waals surface area contributed by atoms with Crippen LogP contribution < -0.4 is 9.46 Å². The number of benzene rings is 1. The summed E-state index contributed by atoms with van der Waals surface area (Å²) in [6, 6.07) is 0. The van der Waals surface area contributed by atoms with E-state index in [0.29, 0.717) is 23.7 Å². The second-order valence-electron chi connectivity index (χ2n) is 5.85. The number of hydrogen-bond acceptors (Lipinski definition) is 6. The number of aromatic nitrogens is 4. The van der Waals surface area contributed by atoms with E-state index in [4.69, 9.17) is 0 Å². The zero-order valence-corrected chi connectivity index (χ0v) is 13.0. The SMILES string of the molecule is CC1=[N+](O)c2c(c3c(c4c2[n+](O)c(C)n4O)n(O)c(C)[n+]3O)C1O. The molecule has 11 heteroatoms. The Morgan fingerprint density at radius 2 is 1.29 bits per heavy atom. The van der Waals surface area contributed by atoms with Gasteiger partial charge in [-0.05, 0) is 18.9 Å². The van der Waals surface area contributed by atoms with Gasteiger partial charge in [0.1, 0.15) is 5.56 Å². The molecular formula is C13H16N5O6+3. The van der Waals surface area contributed by atoms with Gasteiger partial charge in [0.15, 0.2) is 6.10 Å². The van der Waals surface area contributed by atoms with E-state index in [9.17, 15) is 31.1 Å². The van der Waals surface area contributed by atoms with Crippen LogP contribution in [0.25, 0.3) is 22.1 Å². The minimum absolute atomic E-state index is 0.00397. The number of nitrogens with zero attached hydrogens (tertiary/aromatic N) is 5. The molecular weight excluding hydrogens is 322 g/mol. The zero-order chi connectivity index (χ0) is 17.7. The molecule has 3 aromatic rings. The normalized spacial score (nSPS) is 17.4. The zero-order valence-electron chi connectivity index (χ0n) is 13.0. The number of rotatable bonds is 0. The summed E-state index contributed by atoms with van der Waals surface area (Å²) in [6.45, 7) is 4.29. The van der Waals surface area contributed by atoms with Gasteiger partial charge in [-0.2, -0.15) is 0 Å². The second kappa shape index (κ2) is 4.00. The summed E-state index contributed by atoms with van der Waals surface area (Å²) >= 11 is 0. The highest BCUT2D eigenvalue weighted by Gasteiger charge is 2.51.